The third-order valence-electron chi connectivity index (χ3n) is 3.16. The second kappa shape index (κ2) is 7.43. The zero-order valence-corrected chi connectivity index (χ0v) is 14.5. The molecule has 1 amide bonds. The Bertz CT molecular complexity index is 585. The van der Waals surface area contributed by atoms with E-state index >= 15 is 0 Å². The Balaban J connectivity index is 2.90. The minimum atomic E-state index is -3.88. The number of benzene rings is 1. The Labute approximate surface area is 132 Å². The average molecular weight is 383 g/mol. The van der Waals surface area contributed by atoms with Crippen LogP contribution in [-0.4, -0.2) is 20.9 Å². The number of rotatable bonds is 6. The number of halogens is 2. The van der Waals surface area contributed by atoms with Crippen LogP contribution in [0.3, 0.4) is 0 Å². The fraction of sp³-hybridized carbons (Fsp3) is 0.462. The molecule has 20 heavy (non-hydrogen) atoms. The number of hydrogen-bond donors (Lipinski definition) is 1. The Morgan fingerprint density at radius 2 is 1.95 bits per heavy atom. The van der Waals surface area contributed by atoms with Gasteiger partial charge in [0.25, 0.3) is 15.0 Å². The molecule has 112 valence electrons. The van der Waals surface area contributed by atoms with Gasteiger partial charge in [0.05, 0.1) is 4.90 Å². The maximum Gasteiger partial charge on any atom is 0.262 e. The molecule has 1 rings (SSSR count). The van der Waals surface area contributed by atoms with Crippen molar-refractivity contribution in [1.29, 1.82) is 0 Å². The molecule has 0 spiro atoms. The zero-order chi connectivity index (χ0) is 15.3. The van der Waals surface area contributed by atoms with Crippen LogP contribution in [0.25, 0.3) is 0 Å². The van der Waals surface area contributed by atoms with Gasteiger partial charge < -0.3 is 5.32 Å². The normalized spacial score (nSPS) is 11.7. The third kappa shape index (κ3) is 4.75. The Kier molecular flexibility index (Phi) is 6.48. The lowest BCUT2D eigenvalue weighted by Crippen LogP contribution is -2.29. The topological polar surface area (TPSA) is 63.2 Å². The van der Waals surface area contributed by atoms with Crippen LogP contribution in [0.15, 0.2) is 27.6 Å². The summed E-state index contributed by atoms with van der Waals surface area (Å²) in [6, 6.07) is 4.33. The quantitative estimate of drug-likeness (QED) is 0.765. The summed E-state index contributed by atoms with van der Waals surface area (Å²) < 4.78 is 23.1. The summed E-state index contributed by atoms with van der Waals surface area (Å²) >= 11 is 3.10. The Morgan fingerprint density at radius 1 is 1.35 bits per heavy atom. The van der Waals surface area contributed by atoms with E-state index in [1.165, 1.54) is 12.1 Å². The molecule has 0 aliphatic heterocycles. The van der Waals surface area contributed by atoms with Crippen LogP contribution in [-0.2, 0) is 9.05 Å². The summed E-state index contributed by atoms with van der Waals surface area (Å²) in [4.78, 5) is 11.9. The van der Waals surface area contributed by atoms with Crippen LogP contribution in [0.4, 0.5) is 0 Å². The monoisotopic (exact) mass is 381 g/mol. The molecule has 0 aromatic heterocycles. The molecule has 0 saturated carbocycles. The number of hydrogen-bond acceptors (Lipinski definition) is 3. The Morgan fingerprint density at radius 3 is 2.45 bits per heavy atom. The highest BCUT2D eigenvalue weighted by Crippen LogP contribution is 2.26. The second-order valence-corrected chi connectivity index (χ2v) is 7.86. The van der Waals surface area contributed by atoms with E-state index in [0.717, 1.165) is 12.8 Å². The first kappa shape index (κ1) is 17.5. The predicted octanol–water partition coefficient (Wildman–Crippen LogP) is 3.54. The van der Waals surface area contributed by atoms with Crippen molar-refractivity contribution in [3.8, 4) is 0 Å². The van der Waals surface area contributed by atoms with Crippen molar-refractivity contribution in [3.05, 3.63) is 28.2 Å². The van der Waals surface area contributed by atoms with Gasteiger partial charge in [-0.3, -0.25) is 4.79 Å². The van der Waals surface area contributed by atoms with E-state index in [4.69, 9.17) is 10.7 Å². The van der Waals surface area contributed by atoms with Crippen LogP contribution in [0.5, 0.6) is 0 Å². The van der Waals surface area contributed by atoms with Crippen molar-refractivity contribution in [2.75, 3.05) is 6.54 Å². The molecule has 0 radical (unpaired) electrons. The van der Waals surface area contributed by atoms with Gasteiger partial charge in [-0.25, -0.2) is 8.42 Å². The highest BCUT2D eigenvalue weighted by molar-refractivity contribution is 9.10. The van der Waals surface area contributed by atoms with E-state index in [0.29, 0.717) is 16.9 Å². The first-order valence-corrected chi connectivity index (χ1v) is 9.42. The summed E-state index contributed by atoms with van der Waals surface area (Å²) in [6.45, 7) is 4.71. The second-order valence-electron chi connectivity index (χ2n) is 4.48. The highest BCUT2D eigenvalue weighted by atomic mass is 79.9. The van der Waals surface area contributed by atoms with E-state index < -0.39 is 9.05 Å². The molecule has 4 nitrogen and oxygen atoms in total. The summed E-state index contributed by atoms with van der Waals surface area (Å²) in [5, 5.41) is 2.81. The first-order valence-electron chi connectivity index (χ1n) is 6.32. The van der Waals surface area contributed by atoms with Gasteiger partial charge >= 0.3 is 0 Å². The van der Waals surface area contributed by atoms with Crippen LogP contribution in [0.2, 0.25) is 0 Å². The predicted molar refractivity (Wildman–Crippen MR) is 83.6 cm³/mol. The van der Waals surface area contributed by atoms with Crippen molar-refractivity contribution < 1.29 is 13.2 Å². The molecule has 0 unspecified atom stereocenters. The molecule has 0 saturated heterocycles. The van der Waals surface area contributed by atoms with E-state index in [2.05, 4.69) is 35.1 Å². The van der Waals surface area contributed by atoms with Gasteiger partial charge in [-0.2, -0.15) is 0 Å². The molecule has 0 heterocycles. The minimum Gasteiger partial charge on any atom is -0.352 e. The smallest absolute Gasteiger partial charge is 0.262 e. The van der Waals surface area contributed by atoms with Crippen LogP contribution >= 0.6 is 26.6 Å². The minimum absolute atomic E-state index is 0.102. The molecular formula is C13H17BrClNO3S. The average Bonchev–Trinajstić information content (AvgIpc) is 2.38. The molecule has 0 fully saturated rings. The third-order valence-corrected chi connectivity index (χ3v) is 5.48. The van der Waals surface area contributed by atoms with Crippen LogP contribution in [0.1, 0.15) is 37.0 Å². The molecule has 1 N–H and O–H groups in total. The molecule has 7 heteroatoms. The molecule has 1 aromatic carbocycles. The van der Waals surface area contributed by atoms with Gasteiger partial charge in [0.1, 0.15) is 0 Å². The van der Waals surface area contributed by atoms with E-state index in [9.17, 15) is 13.2 Å². The van der Waals surface area contributed by atoms with Crippen molar-refractivity contribution in [1.82, 2.24) is 5.32 Å². The highest BCUT2D eigenvalue weighted by Gasteiger charge is 2.17. The van der Waals surface area contributed by atoms with Gasteiger partial charge in [-0.1, -0.05) is 26.7 Å². The molecule has 0 aliphatic rings. The lowest BCUT2D eigenvalue weighted by Gasteiger charge is -2.13. The summed E-state index contributed by atoms with van der Waals surface area (Å²) in [5.41, 5.74) is 0.276. The summed E-state index contributed by atoms with van der Waals surface area (Å²) in [6.07, 6.45) is 1.97. The molecule has 0 aliphatic carbocycles. The number of nitrogens with one attached hydrogen (secondary N) is 1. The SMILES string of the molecule is CCC(CC)CNC(=O)c1ccc(Br)c(S(=O)(=O)Cl)c1. The van der Waals surface area contributed by atoms with E-state index in [1.807, 2.05) is 0 Å². The zero-order valence-electron chi connectivity index (χ0n) is 11.3. The van der Waals surface area contributed by atoms with E-state index in [-0.39, 0.29) is 16.4 Å². The van der Waals surface area contributed by atoms with Gasteiger partial charge in [0.2, 0.25) is 0 Å². The fourth-order valence-corrected chi connectivity index (χ4v) is 3.87. The lowest BCUT2D eigenvalue weighted by molar-refractivity contribution is 0.0946. The largest absolute Gasteiger partial charge is 0.352 e. The van der Waals surface area contributed by atoms with E-state index in [1.54, 1.807) is 6.07 Å². The molecular weight excluding hydrogens is 366 g/mol. The maximum absolute atomic E-state index is 12.0. The molecule has 0 atom stereocenters. The number of carbonyl (C=O) groups excluding carboxylic acids is 1. The van der Waals surface area contributed by atoms with Gasteiger partial charge in [0, 0.05) is 27.3 Å². The standard InChI is InChI=1S/C13H17BrClNO3S/c1-3-9(4-2)8-16-13(17)10-5-6-11(14)12(7-10)20(15,18)19/h5-7,9H,3-4,8H2,1-2H3,(H,16,17). The van der Waals surface area contributed by atoms with Crippen LogP contribution in [0, 0.1) is 5.92 Å². The summed E-state index contributed by atoms with van der Waals surface area (Å²) in [7, 11) is 1.44. The molecule has 0 bridgehead atoms. The first-order chi connectivity index (χ1) is 9.29. The maximum atomic E-state index is 12.0. The fourth-order valence-electron chi connectivity index (χ4n) is 1.75. The summed E-state index contributed by atoms with van der Waals surface area (Å²) in [5.74, 6) is 0.122. The molecule has 1 aromatic rings. The number of amides is 1. The van der Waals surface area contributed by atoms with Crippen molar-refractivity contribution in [2.24, 2.45) is 5.92 Å². The number of carbonyl (C=O) groups is 1. The Hall–Kier alpha value is -0.590. The van der Waals surface area contributed by atoms with Crippen molar-refractivity contribution >= 4 is 41.6 Å². The van der Waals surface area contributed by atoms with Crippen molar-refractivity contribution in [2.45, 2.75) is 31.6 Å². The van der Waals surface area contributed by atoms with Crippen LogP contribution < -0.4 is 5.32 Å². The van der Waals surface area contributed by atoms with Gasteiger partial charge in [-0.15, -0.1) is 0 Å². The van der Waals surface area contributed by atoms with Crippen molar-refractivity contribution in [3.63, 3.8) is 0 Å². The lowest BCUT2D eigenvalue weighted by atomic mass is 10.0. The van der Waals surface area contributed by atoms with Gasteiger partial charge in [-0.05, 0) is 40.0 Å². The van der Waals surface area contributed by atoms with Gasteiger partial charge in [0.15, 0.2) is 0 Å².